The molecule has 1 heterocycles. The van der Waals surface area contributed by atoms with Gasteiger partial charge in [0.2, 0.25) is 0 Å². The Bertz CT molecular complexity index is 1350. The van der Waals surface area contributed by atoms with Gasteiger partial charge in [-0.05, 0) is 31.5 Å². The predicted molar refractivity (Wildman–Crippen MR) is 156 cm³/mol. The number of ether oxygens (including phenoxy) is 6. The first-order valence-electron chi connectivity index (χ1n) is 15.8. The van der Waals surface area contributed by atoms with Crippen LogP contribution >= 0.6 is 0 Å². The smallest absolute Gasteiger partial charge is 0.338 e. The highest BCUT2D eigenvalue weighted by molar-refractivity contribution is 5.89. The van der Waals surface area contributed by atoms with Gasteiger partial charge in [-0.25, -0.2) is 4.79 Å². The fraction of sp³-hybridized carbons (Fsp3) is 0.758. The maximum atomic E-state index is 13.7. The van der Waals surface area contributed by atoms with E-state index in [0.29, 0.717) is 18.5 Å². The average Bonchev–Trinajstić information content (AvgIpc) is 3.40. The molecule has 1 aromatic rings. The van der Waals surface area contributed by atoms with Gasteiger partial charge < -0.3 is 48.6 Å². The lowest BCUT2D eigenvalue weighted by Gasteiger charge is -2.70. The van der Waals surface area contributed by atoms with Gasteiger partial charge in [0.15, 0.2) is 5.60 Å². The van der Waals surface area contributed by atoms with Gasteiger partial charge in [0.05, 0.1) is 30.5 Å². The molecule has 6 aliphatic rings. The molecule has 3 N–H and O–H groups in total. The monoisotopic (exact) mass is 631 g/mol. The number of benzene rings is 1. The van der Waals surface area contributed by atoms with E-state index in [1.165, 1.54) is 14.0 Å². The Kier molecular flexibility index (Phi) is 7.28. The molecule has 7 rings (SSSR count). The van der Waals surface area contributed by atoms with E-state index in [4.69, 9.17) is 28.4 Å². The summed E-state index contributed by atoms with van der Waals surface area (Å²) in [6.07, 6.45) is -5.50. The van der Waals surface area contributed by atoms with Crippen molar-refractivity contribution < 1.29 is 53.3 Å². The van der Waals surface area contributed by atoms with Gasteiger partial charge in [-0.2, -0.15) is 0 Å². The highest BCUT2D eigenvalue weighted by Crippen LogP contribution is 2.80. The first kappa shape index (κ1) is 31.4. The molecular formula is C33H45NO11. The predicted octanol–water partition coefficient (Wildman–Crippen LogP) is 0.258. The van der Waals surface area contributed by atoms with E-state index >= 15 is 0 Å². The Morgan fingerprint density at radius 1 is 1.00 bits per heavy atom. The number of esters is 2. The molecule has 0 amide bonds. The summed E-state index contributed by atoms with van der Waals surface area (Å²) >= 11 is 0. The molecule has 5 aliphatic carbocycles. The third kappa shape index (κ3) is 3.55. The summed E-state index contributed by atoms with van der Waals surface area (Å²) in [6, 6.07) is 8.15. The Labute approximate surface area is 262 Å². The van der Waals surface area contributed by atoms with Gasteiger partial charge >= 0.3 is 11.9 Å². The van der Waals surface area contributed by atoms with Crippen LogP contribution in [-0.2, 0) is 33.2 Å². The summed E-state index contributed by atoms with van der Waals surface area (Å²) in [5, 5.41) is 37.0. The fourth-order valence-electron chi connectivity index (χ4n) is 12.2. The molecule has 0 aromatic heterocycles. The molecule has 12 nitrogen and oxygen atoms in total. The Balaban J connectivity index is 1.52. The number of aliphatic hydroxyl groups excluding tert-OH is 2. The largest absolute Gasteiger partial charge is 0.455 e. The Morgan fingerprint density at radius 2 is 1.71 bits per heavy atom. The van der Waals surface area contributed by atoms with Gasteiger partial charge in [0.25, 0.3) is 0 Å². The zero-order valence-corrected chi connectivity index (χ0v) is 26.6. The van der Waals surface area contributed by atoms with Crippen LogP contribution in [0, 0.1) is 34.5 Å². The zero-order chi connectivity index (χ0) is 32.3. The minimum atomic E-state index is -1.83. The van der Waals surface area contributed by atoms with Gasteiger partial charge in [0.1, 0.15) is 23.9 Å². The molecule has 1 aromatic carbocycles. The third-order valence-electron chi connectivity index (χ3n) is 12.9. The molecule has 7 bridgehead atoms. The van der Waals surface area contributed by atoms with Gasteiger partial charge in [-0.1, -0.05) is 18.2 Å². The molecule has 1 saturated heterocycles. The topological polar surface area (TPSA) is 153 Å². The van der Waals surface area contributed by atoms with E-state index in [2.05, 4.69) is 4.90 Å². The van der Waals surface area contributed by atoms with Gasteiger partial charge in [-0.3, -0.25) is 4.79 Å². The summed E-state index contributed by atoms with van der Waals surface area (Å²) in [7, 11) is 8.20. The fourth-order valence-corrected chi connectivity index (χ4v) is 12.2. The lowest BCUT2D eigenvalue weighted by Crippen LogP contribution is -2.81. The molecule has 15 atom stereocenters. The number of hydrogen-bond donors (Lipinski definition) is 3. The van der Waals surface area contributed by atoms with Crippen LogP contribution in [0.3, 0.4) is 0 Å². The van der Waals surface area contributed by atoms with Gasteiger partial charge in [0, 0.05) is 83.0 Å². The van der Waals surface area contributed by atoms with E-state index in [1.807, 2.05) is 7.05 Å². The van der Waals surface area contributed by atoms with E-state index < -0.39 is 88.3 Å². The summed E-state index contributed by atoms with van der Waals surface area (Å²) < 4.78 is 37.2. The highest BCUT2D eigenvalue weighted by atomic mass is 16.6. The molecule has 0 radical (unpaired) electrons. The van der Waals surface area contributed by atoms with Crippen LogP contribution < -0.4 is 0 Å². The minimum Gasteiger partial charge on any atom is -0.455 e. The van der Waals surface area contributed by atoms with Crippen molar-refractivity contribution in [3.63, 3.8) is 0 Å². The lowest BCUT2D eigenvalue weighted by molar-refractivity contribution is -0.321. The summed E-state index contributed by atoms with van der Waals surface area (Å²) in [5.41, 5.74) is -4.79. The van der Waals surface area contributed by atoms with E-state index in [0.717, 1.165) is 0 Å². The summed E-state index contributed by atoms with van der Waals surface area (Å²) in [6.45, 7) is 2.00. The van der Waals surface area contributed by atoms with E-state index in [1.54, 1.807) is 51.7 Å². The van der Waals surface area contributed by atoms with E-state index in [-0.39, 0.29) is 25.0 Å². The molecule has 45 heavy (non-hydrogen) atoms. The first-order valence-corrected chi connectivity index (χ1v) is 15.8. The molecular weight excluding hydrogens is 586 g/mol. The number of aliphatic hydroxyl groups is 3. The average molecular weight is 632 g/mol. The number of methoxy groups -OCH3 is 4. The van der Waals surface area contributed by atoms with Crippen LogP contribution in [0.25, 0.3) is 0 Å². The lowest BCUT2D eigenvalue weighted by atomic mass is 9.42. The van der Waals surface area contributed by atoms with Crippen LogP contribution in [0.5, 0.6) is 0 Å². The van der Waals surface area contributed by atoms with Crippen molar-refractivity contribution in [1.29, 1.82) is 0 Å². The Morgan fingerprint density at radius 3 is 2.31 bits per heavy atom. The van der Waals surface area contributed by atoms with Crippen molar-refractivity contribution in [3.8, 4) is 0 Å². The second-order valence-corrected chi connectivity index (χ2v) is 14.3. The SMILES string of the molecule is COC[C@@]12CN(C)C3[C@@H]4[C@H](OC)[C@H]1[C@]3([C@@H](OC)C[C@H]2O)[C@@H]1C[C@@]2(O)[C@H](OC(=O)c3ccccc3)[C@@H]1[C@]4(OC(C)=O)[C@@H](O)[C@@H]2OC. The molecule has 12 heteroatoms. The number of piperidine rings is 1. The number of carbonyl (C=O) groups is 2. The second kappa shape index (κ2) is 10.4. The van der Waals surface area contributed by atoms with Crippen LogP contribution in [0.4, 0.5) is 0 Å². The molecule has 1 aliphatic heterocycles. The third-order valence-corrected chi connectivity index (χ3v) is 12.9. The number of nitrogens with zero attached hydrogens (tertiary/aromatic N) is 1. The Hall–Kier alpha value is -2.16. The van der Waals surface area contributed by atoms with E-state index in [9.17, 15) is 24.9 Å². The minimum absolute atomic E-state index is 0.0754. The van der Waals surface area contributed by atoms with Crippen molar-refractivity contribution in [1.82, 2.24) is 4.90 Å². The second-order valence-electron chi connectivity index (χ2n) is 14.3. The van der Waals surface area contributed by atoms with Crippen LogP contribution in [0.2, 0.25) is 0 Å². The number of carbonyl (C=O) groups excluding carboxylic acids is 2. The van der Waals surface area contributed by atoms with Crippen molar-refractivity contribution in [2.45, 2.75) is 73.6 Å². The number of fused-ring (bicyclic) bond motifs is 2. The van der Waals surface area contributed by atoms with Crippen molar-refractivity contribution in [3.05, 3.63) is 35.9 Å². The maximum absolute atomic E-state index is 13.7. The highest BCUT2D eigenvalue weighted by Gasteiger charge is 2.92. The van der Waals surface area contributed by atoms with Crippen molar-refractivity contribution >= 4 is 11.9 Å². The molecule has 1 unspecified atom stereocenters. The number of hydrogen-bond acceptors (Lipinski definition) is 12. The normalized spacial score (nSPS) is 50.7. The standard InChI is InChI=1S/C33H45NO11/c1-16(35)45-33-21-18(13-31(39,28(43-6)26(33)37)27(21)44-29(38)17-10-8-7-9-11-17)32-20(41-4)12-19(36)30(15-40-3)14-34(2)25(32)22(33)23(42-5)24(30)32/h7-11,18-28,36-37,39H,12-15H2,1-6H3/t18-,19-,20+,21-,22+,23+,24-,25?,26+,27-,28+,30-,31-,32-,33-/m1/s1. The first-order chi connectivity index (χ1) is 21.4. The summed E-state index contributed by atoms with van der Waals surface area (Å²) in [5.74, 6) is -3.66. The van der Waals surface area contributed by atoms with Gasteiger partial charge in [-0.15, -0.1) is 0 Å². The van der Waals surface area contributed by atoms with Crippen LogP contribution in [0.15, 0.2) is 30.3 Å². The molecule has 5 saturated carbocycles. The zero-order valence-electron chi connectivity index (χ0n) is 26.6. The molecule has 248 valence electrons. The van der Waals surface area contributed by atoms with Crippen molar-refractivity contribution in [2.75, 3.05) is 48.6 Å². The summed E-state index contributed by atoms with van der Waals surface area (Å²) in [4.78, 5) is 29.1. The molecule has 1 spiro atoms. The quantitative estimate of drug-likeness (QED) is 0.337. The van der Waals surface area contributed by atoms with Crippen LogP contribution in [0.1, 0.15) is 30.1 Å². The van der Waals surface area contributed by atoms with Crippen molar-refractivity contribution in [2.24, 2.45) is 34.5 Å². The maximum Gasteiger partial charge on any atom is 0.338 e. The molecule has 6 fully saturated rings. The van der Waals surface area contributed by atoms with Crippen LogP contribution in [-0.4, -0.2) is 135 Å². The number of likely N-dealkylation sites (tertiary alicyclic amines) is 1. The number of rotatable bonds is 8.